The standard InChI is InChI=1S/C10H17N3O/c1-14-10-4-9(5-10)13-7-12-6-8(13)2-3-11/h6-7,9-10H,2-5,11H2,1H3. The summed E-state index contributed by atoms with van der Waals surface area (Å²) in [6.45, 7) is 0.687. The zero-order valence-electron chi connectivity index (χ0n) is 8.52. The smallest absolute Gasteiger partial charge is 0.0950 e. The van der Waals surface area contributed by atoms with E-state index in [2.05, 4.69) is 9.55 Å². The van der Waals surface area contributed by atoms with Gasteiger partial charge in [0.05, 0.1) is 12.4 Å². The van der Waals surface area contributed by atoms with Crippen LogP contribution in [0.3, 0.4) is 0 Å². The molecule has 14 heavy (non-hydrogen) atoms. The lowest BCUT2D eigenvalue weighted by atomic mass is 9.89. The highest BCUT2D eigenvalue weighted by Gasteiger charge is 2.31. The second-order valence-electron chi connectivity index (χ2n) is 3.81. The van der Waals surface area contributed by atoms with E-state index in [4.69, 9.17) is 10.5 Å². The third-order valence-electron chi connectivity index (χ3n) is 2.94. The van der Waals surface area contributed by atoms with Gasteiger partial charge in [-0.25, -0.2) is 4.98 Å². The lowest BCUT2D eigenvalue weighted by Gasteiger charge is -2.35. The highest BCUT2D eigenvalue weighted by atomic mass is 16.5. The van der Waals surface area contributed by atoms with Crippen molar-refractivity contribution in [3.63, 3.8) is 0 Å². The molecule has 1 saturated carbocycles. The van der Waals surface area contributed by atoms with Gasteiger partial charge in [-0.15, -0.1) is 0 Å². The first-order chi connectivity index (χ1) is 6.85. The molecule has 2 rings (SSSR count). The third kappa shape index (κ3) is 1.67. The number of hydrogen-bond acceptors (Lipinski definition) is 3. The van der Waals surface area contributed by atoms with Gasteiger partial charge >= 0.3 is 0 Å². The first kappa shape index (κ1) is 9.68. The second-order valence-corrected chi connectivity index (χ2v) is 3.81. The number of hydrogen-bond donors (Lipinski definition) is 1. The molecular formula is C10H17N3O. The number of nitrogens with zero attached hydrogens (tertiary/aromatic N) is 2. The van der Waals surface area contributed by atoms with Crippen LogP contribution in [0.4, 0.5) is 0 Å². The summed E-state index contributed by atoms with van der Waals surface area (Å²) in [4.78, 5) is 4.16. The van der Waals surface area contributed by atoms with Crippen molar-refractivity contribution in [1.82, 2.24) is 9.55 Å². The summed E-state index contributed by atoms with van der Waals surface area (Å²) in [6.07, 6.45) is 7.37. The van der Waals surface area contributed by atoms with E-state index in [-0.39, 0.29) is 0 Å². The second kappa shape index (κ2) is 4.11. The van der Waals surface area contributed by atoms with Gasteiger partial charge in [0.15, 0.2) is 0 Å². The van der Waals surface area contributed by atoms with Crippen LogP contribution < -0.4 is 5.73 Å². The molecule has 1 heterocycles. The highest BCUT2D eigenvalue weighted by Crippen LogP contribution is 2.34. The minimum Gasteiger partial charge on any atom is -0.381 e. The molecule has 0 amide bonds. The molecule has 0 unspecified atom stereocenters. The fourth-order valence-electron chi connectivity index (χ4n) is 1.96. The van der Waals surface area contributed by atoms with Crippen LogP contribution in [-0.4, -0.2) is 29.3 Å². The maximum absolute atomic E-state index is 5.54. The van der Waals surface area contributed by atoms with E-state index in [1.165, 1.54) is 5.69 Å². The van der Waals surface area contributed by atoms with Crippen LogP contribution >= 0.6 is 0 Å². The van der Waals surface area contributed by atoms with Crippen molar-refractivity contribution in [2.45, 2.75) is 31.4 Å². The molecule has 1 fully saturated rings. The van der Waals surface area contributed by atoms with Gasteiger partial charge in [-0.05, 0) is 19.4 Å². The molecule has 0 saturated heterocycles. The van der Waals surface area contributed by atoms with E-state index in [0.717, 1.165) is 19.3 Å². The average molecular weight is 195 g/mol. The fourth-order valence-corrected chi connectivity index (χ4v) is 1.96. The summed E-state index contributed by atoms with van der Waals surface area (Å²) in [5, 5.41) is 0. The maximum Gasteiger partial charge on any atom is 0.0950 e. The van der Waals surface area contributed by atoms with Gasteiger partial charge in [0.25, 0.3) is 0 Å². The first-order valence-electron chi connectivity index (χ1n) is 5.08. The number of ether oxygens (including phenoxy) is 1. The van der Waals surface area contributed by atoms with Gasteiger partial charge in [0, 0.05) is 31.5 Å². The van der Waals surface area contributed by atoms with Crippen LogP contribution in [0.5, 0.6) is 0 Å². The summed E-state index contributed by atoms with van der Waals surface area (Å²) in [6, 6.07) is 0.573. The minimum absolute atomic E-state index is 0.438. The molecule has 1 aliphatic carbocycles. The molecule has 1 aromatic heterocycles. The van der Waals surface area contributed by atoms with Crippen LogP contribution in [0.2, 0.25) is 0 Å². The Hall–Kier alpha value is -0.870. The average Bonchev–Trinajstić information content (AvgIpc) is 2.52. The Bertz CT molecular complexity index is 291. The minimum atomic E-state index is 0.438. The van der Waals surface area contributed by atoms with Crippen molar-refractivity contribution in [3.8, 4) is 0 Å². The Labute approximate surface area is 84.1 Å². The van der Waals surface area contributed by atoms with Crippen LogP contribution in [0.25, 0.3) is 0 Å². The van der Waals surface area contributed by atoms with E-state index in [0.29, 0.717) is 18.7 Å². The Morgan fingerprint density at radius 2 is 2.43 bits per heavy atom. The van der Waals surface area contributed by atoms with E-state index in [1.807, 2.05) is 12.5 Å². The molecule has 0 aliphatic heterocycles. The van der Waals surface area contributed by atoms with Crippen molar-refractivity contribution in [2.24, 2.45) is 5.73 Å². The summed E-state index contributed by atoms with van der Waals surface area (Å²) in [7, 11) is 1.77. The number of methoxy groups -OCH3 is 1. The van der Waals surface area contributed by atoms with Gasteiger partial charge in [-0.3, -0.25) is 0 Å². The SMILES string of the molecule is COC1CC(n2cncc2CCN)C1. The molecule has 1 aliphatic rings. The number of nitrogens with two attached hydrogens (primary N) is 1. The number of aromatic nitrogens is 2. The quantitative estimate of drug-likeness (QED) is 0.770. The summed E-state index contributed by atoms with van der Waals surface area (Å²) < 4.78 is 7.49. The predicted molar refractivity (Wildman–Crippen MR) is 54.1 cm³/mol. The third-order valence-corrected chi connectivity index (χ3v) is 2.94. The van der Waals surface area contributed by atoms with E-state index in [9.17, 15) is 0 Å². The monoisotopic (exact) mass is 195 g/mol. The van der Waals surface area contributed by atoms with Gasteiger partial charge in [-0.2, -0.15) is 0 Å². The Kier molecular flexibility index (Phi) is 2.84. The molecule has 0 spiro atoms. The zero-order chi connectivity index (χ0) is 9.97. The maximum atomic E-state index is 5.54. The highest BCUT2D eigenvalue weighted by molar-refractivity contribution is 5.03. The van der Waals surface area contributed by atoms with Crippen LogP contribution in [0.15, 0.2) is 12.5 Å². The Morgan fingerprint density at radius 1 is 1.64 bits per heavy atom. The summed E-state index contributed by atoms with van der Waals surface area (Å²) in [5.74, 6) is 0. The van der Waals surface area contributed by atoms with Crippen LogP contribution in [-0.2, 0) is 11.2 Å². The van der Waals surface area contributed by atoms with E-state index in [1.54, 1.807) is 7.11 Å². The van der Waals surface area contributed by atoms with Crippen molar-refractivity contribution < 1.29 is 4.74 Å². The van der Waals surface area contributed by atoms with E-state index >= 15 is 0 Å². The molecule has 4 heteroatoms. The zero-order valence-corrected chi connectivity index (χ0v) is 8.52. The van der Waals surface area contributed by atoms with Crippen LogP contribution in [0, 0.1) is 0 Å². The molecule has 4 nitrogen and oxygen atoms in total. The molecule has 0 aromatic carbocycles. The summed E-state index contributed by atoms with van der Waals surface area (Å²) in [5.41, 5.74) is 6.78. The van der Waals surface area contributed by atoms with Crippen molar-refractivity contribution in [2.75, 3.05) is 13.7 Å². The molecule has 0 atom stereocenters. The predicted octanol–water partition coefficient (Wildman–Crippen LogP) is 0.734. The Balaban J connectivity index is 1.99. The molecular weight excluding hydrogens is 178 g/mol. The van der Waals surface area contributed by atoms with E-state index < -0.39 is 0 Å². The molecule has 0 bridgehead atoms. The topological polar surface area (TPSA) is 53.1 Å². The van der Waals surface area contributed by atoms with Gasteiger partial charge < -0.3 is 15.0 Å². The van der Waals surface area contributed by atoms with Crippen molar-refractivity contribution in [1.29, 1.82) is 0 Å². The Morgan fingerprint density at radius 3 is 3.07 bits per heavy atom. The van der Waals surface area contributed by atoms with Gasteiger partial charge in [-0.1, -0.05) is 0 Å². The molecule has 2 N–H and O–H groups in total. The fraction of sp³-hybridized carbons (Fsp3) is 0.700. The lowest BCUT2D eigenvalue weighted by molar-refractivity contribution is 0.00546. The normalized spacial score (nSPS) is 26.1. The molecule has 1 aromatic rings. The van der Waals surface area contributed by atoms with Crippen molar-refractivity contribution >= 4 is 0 Å². The van der Waals surface area contributed by atoms with Crippen molar-refractivity contribution in [3.05, 3.63) is 18.2 Å². The van der Waals surface area contributed by atoms with Gasteiger partial charge in [0.1, 0.15) is 0 Å². The first-order valence-corrected chi connectivity index (χ1v) is 5.08. The number of imidazole rings is 1. The molecule has 78 valence electrons. The van der Waals surface area contributed by atoms with Crippen LogP contribution in [0.1, 0.15) is 24.6 Å². The molecule has 0 radical (unpaired) electrons. The largest absolute Gasteiger partial charge is 0.381 e. The number of rotatable bonds is 4. The summed E-state index contributed by atoms with van der Waals surface area (Å²) >= 11 is 0. The lowest BCUT2D eigenvalue weighted by Crippen LogP contribution is -2.33. The van der Waals surface area contributed by atoms with Gasteiger partial charge in [0.2, 0.25) is 0 Å².